The number of rotatable bonds is 9. The van der Waals surface area contributed by atoms with Gasteiger partial charge in [0.25, 0.3) is 0 Å². The smallest absolute Gasteiger partial charge is 0.428 e. The number of carbonyl (C=O) groups is 2. The van der Waals surface area contributed by atoms with Crippen molar-refractivity contribution in [3.8, 4) is 0 Å². The summed E-state index contributed by atoms with van der Waals surface area (Å²) in [6.45, 7) is 12.4. The minimum Gasteiger partial charge on any atom is -0.448 e. The summed E-state index contributed by atoms with van der Waals surface area (Å²) >= 11 is 0. The van der Waals surface area contributed by atoms with Gasteiger partial charge in [0.15, 0.2) is 0 Å². The molecule has 0 aliphatic rings. The summed E-state index contributed by atoms with van der Waals surface area (Å²) in [5.74, 6) is 11.8. The molecule has 0 unspecified atom stereocenters. The monoisotopic (exact) mass is 484 g/mol. The Bertz CT molecular complexity index is 961. The molecule has 2 aromatic rings. The van der Waals surface area contributed by atoms with Crippen molar-refractivity contribution in [2.75, 3.05) is 23.2 Å². The lowest BCUT2D eigenvalue weighted by Gasteiger charge is -2.25. The van der Waals surface area contributed by atoms with Crippen molar-refractivity contribution in [2.45, 2.75) is 66.4 Å². The lowest BCUT2D eigenvalue weighted by Crippen LogP contribution is -2.44. The number of hydrogen-bond donors (Lipinski definition) is 2. The fourth-order valence-electron chi connectivity index (χ4n) is 3.18. The summed E-state index contributed by atoms with van der Waals surface area (Å²) in [5.41, 5.74) is 2.58. The molecule has 0 heterocycles. The van der Waals surface area contributed by atoms with Gasteiger partial charge in [-0.1, -0.05) is 45.0 Å². The minimum absolute atomic E-state index is 0.153. The zero-order chi connectivity index (χ0) is 26.2. The maximum Gasteiger partial charge on any atom is 0.428 e. The van der Waals surface area contributed by atoms with E-state index in [2.05, 4.69) is 0 Å². The van der Waals surface area contributed by atoms with Crippen LogP contribution >= 0.6 is 0 Å². The molecule has 4 N–H and O–H groups in total. The fraction of sp³-hybridized carbons (Fsp3) is 0.481. The van der Waals surface area contributed by atoms with Crippen molar-refractivity contribution in [2.24, 2.45) is 17.1 Å². The summed E-state index contributed by atoms with van der Waals surface area (Å²) in [6, 6.07) is 14.9. The Morgan fingerprint density at radius 3 is 1.66 bits per heavy atom. The lowest BCUT2D eigenvalue weighted by molar-refractivity contribution is -0.125. The van der Waals surface area contributed by atoms with E-state index in [4.69, 9.17) is 21.2 Å². The number of unbranched alkanes of at least 4 members (excludes halogenated alkanes) is 1. The third kappa shape index (κ3) is 9.32. The molecular formula is C27H40N4O4. The first kappa shape index (κ1) is 28.3. The lowest BCUT2D eigenvalue weighted by atomic mass is 9.95. The van der Waals surface area contributed by atoms with Crippen LogP contribution in [-0.4, -0.2) is 30.8 Å². The van der Waals surface area contributed by atoms with Crippen LogP contribution in [0, 0.1) is 5.41 Å². The second-order valence-corrected chi connectivity index (χ2v) is 10.6. The Labute approximate surface area is 209 Å². The summed E-state index contributed by atoms with van der Waals surface area (Å²) < 4.78 is 10.9. The molecule has 8 nitrogen and oxygen atoms in total. The molecule has 0 radical (unpaired) electrons. The molecule has 2 aromatic carbocycles. The van der Waals surface area contributed by atoms with Crippen LogP contribution in [0.2, 0.25) is 0 Å². The van der Waals surface area contributed by atoms with Crippen LogP contribution in [0.4, 0.5) is 16.2 Å². The number of hydrogen-bond acceptors (Lipinski definition) is 6. The molecule has 8 heteroatoms. The van der Waals surface area contributed by atoms with Gasteiger partial charge in [-0.2, -0.15) is 0 Å². The standard InChI is InChI=1S/C27H40N4O4/c1-26(2,3)24(32)30(28)22-13-9-20(10-14-22)19-21-11-15-23(16-12-21)31(29)25(33)34-17-7-8-18-35-27(4,5)6/h9-16H,7-8,17-19,28-29H2,1-6H3. The molecule has 0 fully saturated rings. The molecule has 2 amide bonds. The molecule has 0 aliphatic carbocycles. The topological polar surface area (TPSA) is 111 Å². The third-order valence-corrected chi connectivity index (χ3v) is 5.19. The zero-order valence-electron chi connectivity index (χ0n) is 21.8. The Hall–Kier alpha value is -2.94. The minimum atomic E-state index is -0.596. The number of nitrogens with two attached hydrogens (primary N) is 2. The van der Waals surface area contributed by atoms with E-state index in [1.165, 1.54) is 5.01 Å². The number of carbonyl (C=O) groups excluding carboxylic acids is 2. The fourth-order valence-corrected chi connectivity index (χ4v) is 3.18. The Morgan fingerprint density at radius 1 is 0.743 bits per heavy atom. The van der Waals surface area contributed by atoms with Crippen molar-refractivity contribution in [3.05, 3.63) is 59.7 Å². The van der Waals surface area contributed by atoms with Gasteiger partial charge in [0.2, 0.25) is 5.91 Å². The number of ether oxygens (including phenoxy) is 2. The molecule has 0 atom stereocenters. The SMILES string of the molecule is CC(C)(C)OCCCCOC(=O)N(N)c1ccc(Cc2ccc(N(N)C(=O)C(C)(C)C)cc2)cc1. The van der Waals surface area contributed by atoms with Crippen molar-refractivity contribution in [3.63, 3.8) is 0 Å². The zero-order valence-corrected chi connectivity index (χ0v) is 21.8. The van der Waals surface area contributed by atoms with Crippen LogP contribution in [0.15, 0.2) is 48.5 Å². The number of benzene rings is 2. The normalized spacial score (nSPS) is 11.8. The van der Waals surface area contributed by atoms with Crippen LogP contribution in [0.3, 0.4) is 0 Å². The van der Waals surface area contributed by atoms with Crippen molar-refractivity contribution >= 4 is 23.4 Å². The second-order valence-electron chi connectivity index (χ2n) is 10.6. The van der Waals surface area contributed by atoms with Gasteiger partial charge in [-0.15, -0.1) is 0 Å². The first-order chi connectivity index (χ1) is 16.3. The first-order valence-electron chi connectivity index (χ1n) is 11.9. The molecule has 0 saturated heterocycles. The largest absolute Gasteiger partial charge is 0.448 e. The van der Waals surface area contributed by atoms with Crippen LogP contribution < -0.4 is 21.7 Å². The summed E-state index contributed by atoms with van der Waals surface area (Å²) in [4.78, 5) is 24.6. The van der Waals surface area contributed by atoms with Gasteiger partial charge in [0.1, 0.15) is 0 Å². The second kappa shape index (κ2) is 12.2. The van der Waals surface area contributed by atoms with Crippen LogP contribution in [-0.2, 0) is 20.7 Å². The van der Waals surface area contributed by atoms with Crippen LogP contribution in [0.25, 0.3) is 0 Å². The maximum atomic E-state index is 12.4. The molecule has 0 saturated carbocycles. The summed E-state index contributed by atoms with van der Waals surface area (Å²) in [7, 11) is 0. The Morgan fingerprint density at radius 2 is 1.20 bits per heavy atom. The number of nitrogens with zero attached hydrogens (tertiary/aromatic N) is 2. The van der Waals surface area contributed by atoms with Gasteiger partial charge in [-0.05, 0) is 75.4 Å². The highest BCUT2D eigenvalue weighted by Gasteiger charge is 2.26. The maximum absolute atomic E-state index is 12.4. The highest BCUT2D eigenvalue weighted by atomic mass is 16.6. The summed E-state index contributed by atoms with van der Waals surface area (Å²) in [5, 5.41) is 2.19. The first-order valence-corrected chi connectivity index (χ1v) is 11.9. The van der Waals surface area contributed by atoms with E-state index in [1.54, 1.807) is 12.1 Å². The Balaban J connectivity index is 1.84. The highest BCUT2D eigenvalue weighted by Crippen LogP contribution is 2.22. The Kier molecular flexibility index (Phi) is 9.82. The molecule has 0 aromatic heterocycles. The number of hydrazine groups is 2. The third-order valence-electron chi connectivity index (χ3n) is 5.19. The van der Waals surface area contributed by atoms with Gasteiger partial charge in [-0.25, -0.2) is 26.5 Å². The van der Waals surface area contributed by atoms with Crippen LogP contribution in [0.5, 0.6) is 0 Å². The highest BCUT2D eigenvalue weighted by molar-refractivity contribution is 5.95. The van der Waals surface area contributed by atoms with Gasteiger partial charge < -0.3 is 9.47 Å². The average Bonchev–Trinajstić information content (AvgIpc) is 2.79. The average molecular weight is 485 g/mol. The molecular weight excluding hydrogens is 444 g/mol. The van der Waals surface area contributed by atoms with Gasteiger partial charge in [0.05, 0.1) is 23.6 Å². The van der Waals surface area contributed by atoms with E-state index in [-0.39, 0.29) is 18.1 Å². The molecule has 35 heavy (non-hydrogen) atoms. The number of amides is 2. The molecule has 0 aliphatic heterocycles. The van der Waals surface area contributed by atoms with Gasteiger partial charge in [0, 0.05) is 12.0 Å². The van der Waals surface area contributed by atoms with Crippen molar-refractivity contribution in [1.82, 2.24) is 0 Å². The van der Waals surface area contributed by atoms with Crippen LogP contribution in [0.1, 0.15) is 65.5 Å². The summed E-state index contributed by atoms with van der Waals surface area (Å²) in [6.07, 6.45) is 1.60. The quantitative estimate of drug-likeness (QED) is 0.226. The predicted octanol–water partition coefficient (Wildman–Crippen LogP) is 4.94. The molecule has 0 spiro atoms. The van der Waals surface area contributed by atoms with E-state index >= 15 is 0 Å². The van der Waals surface area contributed by atoms with E-state index in [0.717, 1.165) is 22.6 Å². The molecule has 0 bridgehead atoms. The van der Waals surface area contributed by atoms with Crippen molar-refractivity contribution in [1.29, 1.82) is 0 Å². The molecule has 2 rings (SSSR count). The predicted molar refractivity (Wildman–Crippen MR) is 140 cm³/mol. The number of anilines is 2. The van der Waals surface area contributed by atoms with E-state index in [0.29, 0.717) is 30.8 Å². The van der Waals surface area contributed by atoms with Crippen molar-refractivity contribution < 1.29 is 19.1 Å². The van der Waals surface area contributed by atoms with Gasteiger partial charge in [-0.3, -0.25) is 4.79 Å². The van der Waals surface area contributed by atoms with E-state index in [9.17, 15) is 9.59 Å². The van der Waals surface area contributed by atoms with E-state index in [1.807, 2.05) is 77.9 Å². The van der Waals surface area contributed by atoms with E-state index < -0.39 is 11.5 Å². The molecule has 192 valence electrons. The van der Waals surface area contributed by atoms with Gasteiger partial charge >= 0.3 is 6.09 Å².